The lowest BCUT2D eigenvalue weighted by Crippen LogP contribution is -2.33. The molecule has 6 heteroatoms. The van der Waals surface area contributed by atoms with Crippen LogP contribution >= 0.6 is 0 Å². The molecule has 1 heterocycles. The first-order valence-corrected chi connectivity index (χ1v) is 6.64. The highest BCUT2D eigenvalue weighted by atomic mass is 16.5. The largest absolute Gasteiger partial charge is 0.463 e. The Bertz CT molecular complexity index is 454. The minimum atomic E-state index is -0.500. The van der Waals surface area contributed by atoms with E-state index in [0.717, 1.165) is 0 Å². The highest BCUT2D eigenvalue weighted by molar-refractivity contribution is 5.86. The lowest BCUT2D eigenvalue weighted by atomic mass is 10.2. The highest BCUT2D eigenvalue weighted by Gasteiger charge is 2.15. The number of ether oxygens (including phenoxy) is 1. The Labute approximate surface area is 118 Å². The van der Waals surface area contributed by atoms with E-state index in [9.17, 15) is 9.59 Å². The van der Waals surface area contributed by atoms with Crippen LogP contribution in [0, 0.1) is 0 Å². The summed E-state index contributed by atoms with van der Waals surface area (Å²) in [5.41, 5.74) is 0. The van der Waals surface area contributed by atoms with Crippen molar-refractivity contribution in [1.29, 1.82) is 0 Å². The van der Waals surface area contributed by atoms with Gasteiger partial charge in [0, 0.05) is 19.0 Å². The first kappa shape index (κ1) is 16.2. The van der Waals surface area contributed by atoms with Crippen molar-refractivity contribution in [2.75, 3.05) is 13.7 Å². The predicted octanol–water partition coefficient (Wildman–Crippen LogP) is 1.63. The van der Waals surface area contributed by atoms with Gasteiger partial charge in [0.15, 0.2) is 0 Å². The predicted molar refractivity (Wildman–Crippen MR) is 74.4 cm³/mol. The quantitative estimate of drug-likeness (QED) is 0.743. The highest BCUT2D eigenvalue weighted by Crippen LogP contribution is 2.16. The number of furan rings is 1. The molecule has 0 saturated carbocycles. The molecule has 112 valence electrons. The molecule has 0 aliphatic rings. The van der Waals surface area contributed by atoms with E-state index in [1.54, 1.807) is 12.1 Å². The first-order chi connectivity index (χ1) is 9.43. The van der Waals surface area contributed by atoms with E-state index < -0.39 is 5.97 Å². The number of hydrogen-bond acceptors (Lipinski definition) is 5. The number of carbonyl (C=O) groups is 2. The van der Waals surface area contributed by atoms with E-state index in [0.29, 0.717) is 18.7 Å². The Morgan fingerprint density at radius 2 is 2.00 bits per heavy atom. The van der Waals surface area contributed by atoms with Crippen molar-refractivity contribution < 1.29 is 18.7 Å². The second-order valence-corrected chi connectivity index (χ2v) is 4.84. The maximum absolute atomic E-state index is 11.5. The van der Waals surface area contributed by atoms with Gasteiger partial charge in [-0.3, -0.25) is 4.79 Å². The second kappa shape index (κ2) is 7.69. The standard InChI is InChI=1S/C14H22N2O4/c1-9(2)16-13(17)7-8-15-10(3)11-5-6-12(20-11)14(18)19-4/h5-6,9-10,15H,7-8H2,1-4H3,(H,16,17). The molecule has 1 aromatic rings. The van der Waals surface area contributed by atoms with Gasteiger partial charge in [-0.1, -0.05) is 0 Å². The van der Waals surface area contributed by atoms with Gasteiger partial charge >= 0.3 is 5.97 Å². The van der Waals surface area contributed by atoms with Crippen LogP contribution in [0.3, 0.4) is 0 Å². The molecule has 0 spiro atoms. The van der Waals surface area contributed by atoms with E-state index >= 15 is 0 Å². The van der Waals surface area contributed by atoms with Crippen LogP contribution in [-0.4, -0.2) is 31.6 Å². The molecule has 0 radical (unpaired) electrons. The lowest BCUT2D eigenvalue weighted by molar-refractivity contribution is -0.121. The summed E-state index contributed by atoms with van der Waals surface area (Å²) in [5, 5.41) is 5.99. The van der Waals surface area contributed by atoms with Gasteiger partial charge in [-0.05, 0) is 32.9 Å². The summed E-state index contributed by atoms with van der Waals surface area (Å²) in [5.74, 6) is 0.317. The summed E-state index contributed by atoms with van der Waals surface area (Å²) in [6.45, 7) is 6.28. The molecular weight excluding hydrogens is 260 g/mol. The first-order valence-electron chi connectivity index (χ1n) is 6.64. The van der Waals surface area contributed by atoms with Crippen molar-refractivity contribution >= 4 is 11.9 Å². The van der Waals surface area contributed by atoms with Crippen molar-refractivity contribution in [1.82, 2.24) is 10.6 Å². The monoisotopic (exact) mass is 282 g/mol. The maximum Gasteiger partial charge on any atom is 0.373 e. The molecule has 6 nitrogen and oxygen atoms in total. The molecular formula is C14H22N2O4. The van der Waals surface area contributed by atoms with Gasteiger partial charge in [-0.25, -0.2) is 4.79 Å². The number of methoxy groups -OCH3 is 1. The molecule has 1 amide bonds. The van der Waals surface area contributed by atoms with Gasteiger partial charge in [0.05, 0.1) is 13.2 Å². The number of carbonyl (C=O) groups excluding carboxylic acids is 2. The fourth-order valence-electron chi connectivity index (χ4n) is 1.69. The molecule has 0 fully saturated rings. The maximum atomic E-state index is 11.5. The molecule has 1 aromatic heterocycles. The third-order valence-electron chi connectivity index (χ3n) is 2.69. The van der Waals surface area contributed by atoms with E-state index in [1.807, 2.05) is 20.8 Å². The van der Waals surface area contributed by atoms with Crippen molar-refractivity contribution in [3.8, 4) is 0 Å². The molecule has 1 unspecified atom stereocenters. The van der Waals surface area contributed by atoms with Crippen LogP contribution in [0.25, 0.3) is 0 Å². The van der Waals surface area contributed by atoms with Gasteiger partial charge in [0.1, 0.15) is 5.76 Å². The summed E-state index contributed by atoms with van der Waals surface area (Å²) in [6, 6.07) is 3.36. The number of rotatable bonds is 7. The van der Waals surface area contributed by atoms with Gasteiger partial charge in [0.25, 0.3) is 0 Å². The average Bonchev–Trinajstić information content (AvgIpc) is 2.86. The topological polar surface area (TPSA) is 80.6 Å². The second-order valence-electron chi connectivity index (χ2n) is 4.84. The molecule has 1 rings (SSSR count). The van der Waals surface area contributed by atoms with E-state index in [-0.39, 0.29) is 23.8 Å². The Hall–Kier alpha value is -1.82. The van der Waals surface area contributed by atoms with Gasteiger partial charge in [0.2, 0.25) is 11.7 Å². The Morgan fingerprint density at radius 1 is 1.30 bits per heavy atom. The van der Waals surface area contributed by atoms with Crippen molar-refractivity contribution in [2.24, 2.45) is 0 Å². The molecule has 0 saturated heterocycles. The fraction of sp³-hybridized carbons (Fsp3) is 0.571. The summed E-state index contributed by atoms with van der Waals surface area (Å²) >= 11 is 0. The van der Waals surface area contributed by atoms with Crippen LogP contribution in [0.15, 0.2) is 16.5 Å². The van der Waals surface area contributed by atoms with Gasteiger partial charge in [-0.15, -0.1) is 0 Å². The molecule has 20 heavy (non-hydrogen) atoms. The number of amides is 1. The normalized spacial score (nSPS) is 12.2. The average molecular weight is 282 g/mol. The van der Waals surface area contributed by atoms with Gasteiger partial charge in [-0.2, -0.15) is 0 Å². The third kappa shape index (κ3) is 5.05. The van der Waals surface area contributed by atoms with Crippen molar-refractivity contribution in [3.05, 3.63) is 23.7 Å². The summed E-state index contributed by atoms with van der Waals surface area (Å²) < 4.78 is 9.96. The smallest absolute Gasteiger partial charge is 0.373 e. The van der Waals surface area contributed by atoms with Crippen LogP contribution in [0.5, 0.6) is 0 Å². The number of hydrogen-bond donors (Lipinski definition) is 2. The van der Waals surface area contributed by atoms with Crippen LogP contribution < -0.4 is 10.6 Å². The Kier molecular flexibility index (Phi) is 6.24. The van der Waals surface area contributed by atoms with Crippen LogP contribution in [0.4, 0.5) is 0 Å². The molecule has 0 aliphatic heterocycles. The van der Waals surface area contributed by atoms with Crippen LogP contribution in [-0.2, 0) is 9.53 Å². The Morgan fingerprint density at radius 3 is 2.60 bits per heavy atom. The molecule has 0 bridgehead atoms. The zero-order chi connectivity index (χ0) is 15.1. The number of esters is 1. The minimum Gasteiger partial charge on any atom is -0.463 e. The fourth-order valence-corrected chi connectivity index (χ4v) is 1.69. The summed E-state index contributed by atoms with van der Waals surface area (Å²) in [6.07, 6.45) is 0.396. The zero-order valence-electron chi connectivity index (χ0n) is 12.4. The van der Waals surface area contributed by atoms with Crippen LogP contribution in [0.2, 0.25) is 0 Å². The zero-order valence-corrected chi connectivity index (χ0v) is 12.4. The van der Waals surface area contributed by atoms with Crippen LogP contribution in [0.1, 0.15) is 49.5 Å². The van der Waals surface area contributed by atoms with E-state index in [4.69, 9.17) is 4.42 Å². The molecule has 0 aliphatic carbocycles. The van der Waals surface area contributed by atoms with Crippen molar-refractivity contribution in [2.45, 2.75) is 39.3 Å². The third-order valence-corrected chi connectivity index (χ3v) is 2.69. The summed E-state index contributed by atoms with van der Waals surface area (Å²) in [7, 11) is 1.31. The molecule has 2 N–H and O–H groups in total. The van der Waals surface area contributed by atoms with Gasteiger partial charge < -0.3 is 19.8 Å². The molecule has 0 aromatic carbocycles. The molecule has 1 atom stereocenters. The summed E-state index contributed by atoms with van der Waals surface area (Å²) in [4.78, 5) is 22.7. The van der Waals surface area contributed by atoms with E-state index in [1.165, 1.54) is 7.11 Å². The number of nitrogens with one attached hydrogen (secondary N) is 2. The lowest BCUT2D eigenvalue weighted by Gasteiger charge is -2.12. The van der Waals surface area contributed by atoms with Crippen molar-refractivity contribution in [3.63, 3.8) is 0 Å². The Balaban J connectivity index is 2.39. The SMILES string of the molecule is COC(=O)c1ccc(C(C)NCCC(=O)NC(C)C)o1. The van der Waals surface area contributed by atoms with E-state index in [2.05, 4.69) is 15.4 Å². The minimum absolute atomic E-state index is 0.00870.